The Morgan fingerprint density at radius 2 is 1.81 bits per heavy atom. The normalized spacial score (nSPS) is 24.8. The van der Waals surface area contributed by atoms with Crippen molar-refractivity contribution in [2.24, 2.45) is 26.8 Å². The average Bonchev–Trinajstić information content (AvgIpc) is 4.02. The third-order valence-corrected chi connectivity index (χ3v) is 12.5. The first kappa shape index (κ1) is 37.8. The van der Waals surface area contributed by atoms with Crippen LogP contribution in [0.1, 0.15) is 57.1 Å². The molecule has 1 N–H and O–H groups in total. The zero-order valence-electron chi connectivity index (χ0n) is 30.9. The van der Waals surface area contributed by atoms with Crippen molar-refractivity contribution in [2.45, 2.75) is 63.2 Å². The van der Waals surface area contributed by atoms with Gasteiger partial charge in [-0.3, -0.25) is 29.0 Å². The summed E-state index contributed by atoms with van der Waals surface area (Å²) in [5.41, 5.74) is 0.989. The largest absolute Gasteiger partial charge is 0.463 e. The van der Waals surface area contributed by atoms with Gasteiger partial charge in [-0.25, -0.2) is 0 Å². The Hall–Kier alpha value is -4.46. The Morgan fingerprint density at radius 1 is 1.02 bits per heavy atom. The van der Waals surface area contributed by atoms with Crippen molar-refractivity contribution in [2.75, 3.05) is 13.6 Å². The van der Waals surface area contributed by atoms with Crippen molar-refractivity contribution >= 4 is 35.8 Å². The van der Waals surface area contributed by atoms with E-state index in [2.05, 4.69) is 81.6 Å². The zero-order chi connectivity index (χ0) is 37.2. The van der Waals surface area contributed by atoms with Crippen molar-refractivity contribution < 1.29 is 22.6 Å². The summed E-state index contributed by atoms with van der Waals surface area (Å²) in [6.07, 6.45) is 23.2. The van der Waals surface area contributed by atoms with E-state index >= 15 is 0 Å². The van der Waals surface area contributed by atoms with Gasteiger partial charge in [0.15, 0.2) is 0 Å². The molecule has 280 valence electrons. The quantitative estimate of drug-likeness (QED) is 0.0879. The van der Waals surface area contributed by atoms with Gasteiger partial charge in [0.25, 0.3) is 0 Å². The predicted octanol–water partition coefficient (Wildman–Crippen LogP) is 9.95. The molecule has 3 heterocycles. The van der Waals surface area contributed by atoms with Crippen LogP contribution in [0, 0.1) is 11.8 Å². The highest BCUT2D eigenvalue weighted by molar-refractivity contribution is 7.45. The van der Waals surface area contributed by atoms with E-state index in [0.717, 1.165) is 48.9 Å². The summed E-state index contributed by atoms with van der Waals surface area (Å²) < 4.78 is 34.7. The molecule has 1 aromatic heterocycles. The summed E-state index contributed by atoms with van der Waals surface area (Å²) in [6.45, 7) is 4.61. The molecule has 6 atom stereocenters. The lowest BCUT2D eigenvalue weighted by Crippen LogP contribution is -2.53. The molecule has 2 aliphatic heterocycles. The Bertz CT molecular complexity index is 1880. The van der Waals surface area contributed by atoms with E-state index in [1.165, 1.54) is 0 Å². The van der Waals surface area contributed by atoms with Crippen molar-refractivity contribution in [1.82, 2.24) is 10.1 Å². The van der Waals surface area contributed by atoms with Gasteiger partial charge in [-0.15, -0.1) is 0 Å². The van der Waals surface area contributed by atoms with E-state index in [4.69, 9.17) is 27.6 Å². The van der Waals surface area contributed by atoms with Gasteiger partial charge in [0.05, 0.1) is 36.8 Å². The van der Waals surface area contributed by atoms with Crippen LogP contribution in [0.5, 0.6) is 5.75 Å². The topological polar surface area (TPSA) is 108 Å². The van der Waals surface area contributed by atoms with Crippen LogP contribution in [0.3, 0.4) is 0 Å². The average molecular weight is 764 g/mol. The van der Waals surface area contributed by atoms with E-state index in [9.17, 15) is 0 Å². The number of hydrogen-bond acceptors (Lipinski definition) is 10. The number of allylic oxidation sites excluding steroid dienone is 5. The minimum atomic E-state index is -1.98. The van der Waals surface area contributed by atoms with Crippen molar-refractivity contribution in [3.05, 3.63) is 144 Å². The minimum absolute atomic E-state index is 0.234. The van der Waals surface area contributed by atoms with Crippen LogP contribution in [0.4, 0.5) is 0 Å². The van der Waals surface area contributed by atoms with Gasteiger partial charge < -0.3 is 18.7 Å². The van der Waals surface area contributed by atoms with Gasteiger partial charge in [-0.1, -0.05) is 73.5 Å². The second-order valence-electron chi connectivity index (χ2n) is 13.7. The number of pyridine rings is 1. The number of hydrogen-bond donors (Lipinski definition) is 1. The molecule has 0 spiro atoms. The molecule has 2 fully saturated rings. The lowest BCUT2D eigenvalue weighted by Gasteiger charge is -2.52. The van der Waals surface area contributed by atoms with E-state index in [0.29, 0.717) is 35.8 Å². The first-order valence-corrected chi connectivity index (χ1v) is 20.8. The molecule has 10 nitrogen and oxygen atoms in total. The Morgan fingerprint density at radius 3 is 2.52 bits per heavy atom. The summed E-state index contributed by atoms with van der Waals surface area (Å²) in [5.74, 6) is 1.97. The number of nitrogens with zero attached hydrogens (tertiary/aromatic N) is 4. The highest BCUT2D eigenvalue weighted by Crippen LogP contribution is 2.61. The Labute approximate surface area is 320 Å². The van der Waals surface area contributed by atoms with Gasteiger partial charge in [-0.2, -0.15) is 0 Å². The first-order valence-electron chi connectivity index (χ1n) is 18.5. The van der Waals surface area contributed by atoms with Gasteiger partial charge in [-0.05, 0) is 86.7 Å². The Kier molecular flexibility index (Phi) is 12.5. The maximum Gasteiger partial charge on any atom is 0.463 e. The molecular weight excluding hydrogens is 716 g/mol. The molecule has 4 aliphatic rings. The molecule has 5 unspecified atom stereocenters. The molecule has 0 saturated heterocycles. The zero-order valence-corrected chi connectivity index (χ0v) is 32.7. The van der Waals surface area contributed by atoms with E-state index < -0.39 is 28.3 Å². The number of aromatic nitrogens is 1. The maximum absolute atomic E-state index is 7.70. The van der Waals surface area contributed by atoms with Crippen LogP contribution in [0.15, 0.2) is 148 Å². The number of dihydropyridines is 1. The lowest BCUT2D eigenvalue weighted by atomic mass is 9.63. The molecule has 2 saturated carbocycles. The summed E-state index contributed by atoms with van der Waals surface area (Å²) in [7, 11) is -2.11. The number of rotatable bonds is 16. The number of aliphatic imine (C=N–C) groups is 3. The molecule has 7 rings (SSSR count). The van der Waals surface area contributed by atoms with Crippen LogP contribution < -0.4 is 9.61 Å². The van der Waals surface area contributed by atoms with E-state index in [1.54, 1.807) is 31.9 Å². The predicted molar refractivity (Wildman–Crippen MR) is 217 cm³/mol. The summed E-state index contributed by atoms with van der Waals surface area (Å²) in [5, 5.41) is 3.65. The van der Waals surface area contributed by atoms with Gasteiger partial charge >= 0.3 is 17.1 Å². The second-order valence-corrected chi connectivity index (χ2v) is 15.8. The van der Waals surface area contributed by atoms with Crippen molar-refractivity contribution in [1.29, 1.82) is 0 Å². The highest BCUT2D eigenvalue weighted by Gasteiger charge is 2.57. The second kappa shape index (κ2) is 17.8. The van der Waals surface area contributed by atoms with Crippen molar-refractivity contribution in [3.8, 4) is 5.75 Å². The molecule has 3 aromatic rings. The van der Waals surface area contributed by atoms with Crippen LogP contribution in [0.25, 0.3) is 0 Å². The fraction of sp³-hybridized carbons (Fsp3) is 0.333. The fourth-order valence-electron chi connectivity index (χ4n) is 7.23. The fourth-order valence-corrected chi connectivity index (χ4v) is 9.91. The van der Waals surface area contributed by atoms with Gasteiger partial charge in [0.2, 0.25) is 0 Å². The molecular formula is C42H47N5O5P2. The lowest BCUT2D eigenvalue weighted by molar-refractivity contribution is -0.0998. The highest BCUT2D eigenvalue weighted by atomic mass is 31.2. The SMILES string of the molecule is C/C=C(\C=N/C)OP(Oc1cccnc1)OC1(C)CCCCC1C(OP(NC1=CCN=CC=C1)OC1=C[C@@H]2CC2N=C1)(c1ccccc1)c1ccccc1. The monoisotopic (exact) mass is 763 g/mol. The van der Waals surface area contributed by atoms with Crippen LogP contribution >= 0.6 is 17.1 Å². The Balaban J connectivity index is 1.34. The molecule has 12 heteroatoms. The van der Waals surface area contributed by atoms with E-state index in [1.807, 2.05) is 61.7 Å². The van der Waals surface area contributed by atoms with Crippen LogP contribution in [-0.2, 0) is 23.7 Å². The maximum atomic E-state index is 7.70. The molecule has 0 amide bonds. The molecule has 0 radical (unpaired) electrons. The number of nitrogens with one attached hydrogen (secondary N) is 1. The standard InChI is InChI=1S/C42H47N5O5P2/c1-4-36(29-43-3)49-54(50-37-20-14-25-45-30-37)51-41(2)23-12-11-21-40(41)42(33-15-7-5-8-16-33,34-17-9-6-10-18-34)52-53(47-35-19-13-24-44-26-22-35)48-38-27-32-28-39(32)46-31-38/h4-10,13-20,22,24-25,27,29-32,39-40,47H,11-12,21,23,26,28H2,1-3H3/b36-4+,43-29-/t32-,39?,40?,41?,53?,54?/m1/s1. The third-order valence-electron chi connectivity index (χ3n) is 9.96. The van der Waals surface area contributed by atoms with Gasteiger partial charge in [0.1, 0.15) is 22.9 Å². The number of fused-ring (bicyclic) bond motifs is 1. The molecule has 2 aromatic carbocycles. The molecule has 0 bridgehead atoms. The van der Waals surface area contributed by atoms with Crippen LogP contribution in [-0.4, -0.2) is 48.9 Å². The molecule has 54 heavy (non-hydrogen) atoms. The summed E-state index contributed by atoms with van der Waals surface area (Å²) >= 11 is 0. The van der Waals surface area contributed by atoms with Gasteiger partial charge in [0, 0.05) is 37.0 Å². The third kappa shape index (κ3) is 9.07. The van der Waals surface area contributed by atoms with Crippen molar-refractivity contribution in [3.63, 3.8) is 0 Å². The van der Waals surface area contributed by atoms with E-state index in [-0.39, 0.29) is 5.92 Å². The van der Waals surface area contributed by atoms with Crippen LogP contribution in [0.2, 0.25) is 0 Å². The summed E-state index contributed by atoms with van der Waals surface area (Å²) in [6, 6.07) is 24.9. The number of benzene rings is 2. The first-order chi connectivity index (χ1) is 26.5. The minimum Gasteiger partial charge on any atom is -0.430 e. The summed E-state index contributed by atoms with van der Waals surface area (Å²) in [4.78, 5) is 17.6. The molecule has 2 aliphatic carbocycles. The smallest absolute Gasteiger partial charge is 0.430 e.